The van der Waals surface area contributed by atoms with Gasteiger partial charge in [-0.2, -0.15) is 0 Å². The predicted octanol–water partition coefficient (Wildman–Crippen LogP) is 3.13. The van der Waals surface area contributed by atoms with Gasteiger partial charge >= 0.3 is 5.97 Å². The second-order valence-corrected chi connectivity index (χ2v) is 7.16. The molecule has 1 fully saturated rings. The van der Waals surface area contributed by atoms with Crippen LogP contribution in [0.5, 0.6) is 5.75 Å². The van der Waals surface area contributed by atoms with E-state index in [9.17, 15) is 14.4 Å². The summed E-state index contributed by atoms with van der Waals surface area (Å²) in [6, 6.07) is 17.2. The highest BCUT2D eigenvalue weighted by atomic mass is 16.5. The number of hydrogen-bond acceptors (Lipinski definition) is 4. The van der Waals surface area contributed by atoms with Crippen molar-refractivity contribution in [2.75, 3.05) is 6.54 Å². The van der Waals surface area contributed by atoms with Gasteiger partial charge in [-0.1, -0.05) is 60.7 Å². The first kappa shape index (κ1) is 18.2. The molecule has 5 heteroatoms. The van der Waals surface area contributed by atoms with Crippen LogP contribution in [0.25, 0.3) is 0 Å². The Labute approximate surface area is 163 Å². The third-order valence-electron chi connectivity index (χ3n) is 5.32. The normalized spacial score (nSPS) is 20.9. The fourth-order valence-electron chi connectivity index (χ4n) is 3.87. The van der Waals surface area contributed by atoms with Crippen molar-refractivity contribution in [1.29, 1.82) is 0 Å². The van der Waals surface area contributed by atoms with Crippen molar-refractivity contribution < 1.29 is 19.1 Å². The summed E-state index contributed by atoms with van der Waals surface area (Å²) in [5.41, 5.74) is 1.98. The molecule has 0 spiro atoms. The van der Waals surface area contributed by atoms with E-state index in [1.807, 2.05) is 54.6 Å². The van der Waals surface area contributed by atoms with Gasteiger partial charge in [0.2, 0.25) is 11.8 Å². The molecule has 0 radical (unpaired) electrons. The maximum atomic E-state index is 12.5. The number of benzene rings is 2. The van der Waals surface area contributed by atoms with Crippen molar-refractivity contribution >= 4 is 17.8 Å². The number of fused-ring (bicyclic) bond motifs is 1. The molecular formula is C23H21NO4. The second-order valence-electron chi connectivity index (χ2n) is 7.16. The molecule has 0 bridgehead atoms. The smallest absolute Gasteiger partial charge is 0.331 e. The molecule has 0 N–H and O–H groups in total. The van der Waals surface area contributed by atoms with E-state index in [2.05, 4.69) is 0 Å². The predicted molar refractivity (Wildman–Crippen MR) is 103 cm³/mol. The molecule has 2 unspecified atom stereocenters. The van der Waals surface area contributed by atoms with Crippen molar-refractivity contribution in [2.24, 2.45) is 11.8 Å². The van der Waals surface area contributed by atoms with Crippen LogP contribution in [-0.4, -0.2) is 29.2 Å². The maximum absolute atomic E-state index is 12.5. The summed E-state index contributed by atoms with van der Waals surface area (Å²) < 4.78 is 5.53. The molecule has 28 heavy (non-hydrogen) atoms. The number of nitrogens with zero attached hydrogens (tertiary/aromatic N) is 1. The number of likely N-dealkylation sites (tertiary alicyclic amines) is 1. The Morgan fingerprint density at radius 1 is 0.893 bits per heavy atom. The van der Waals surface area contributed by atoms with Gasteiger partial charge in [0, 0.05) is 6.42 Å². The van der Waals surface area contributed by atoms with Gasteiger partial charge in [-0.05, 0) is 30.0 Å². The quantitative estimate of drug-likeness (QED) is 0.349. The molecule has 0 saturated carbocycles. The highest BCUT2D eigenvalue weighted by molar-refractivity contribution is 6.07. The minimum atomic E-state index is -0.603. The van der Waals surface area contributed by atoms with E-state index in [4.69, 9.17) is 4.74 Å². The molecule has 2 aromatic rings. The third-order valence-corrected chi connectivity index (χ3v) is 5.32. The molecule has 5 nitrogen and oxygen atoms in total. The summed E-state index contributed by atoms with van der Waals surface area (Å²) in [5, 5.41) is 0. The molecular weight excluding hydrogens is 354 g/mol. The van der Waals surface area contributed by atoms with Gasteiger partial charge in [-0.15, -0.1) is 0 Å². The summed E-state index contributed by atoms with van der Waals surface area (Å²) in [7, 11) is 0. The summed E-state index contributed by atoms with van der Waals surface area (Å²) >= 11 is 0. The Bertz CT molecular complexity index is 909. The van der Waals surface area contributed by atoms with Crippen LogP contribution in [0, 0.1) is 11.8 Å². The first-order valence-corrected chi connectivity index (χ1v) is 9.46. The second kappa shape index (κ2) is 7.80. The Morgan fingerprint density at radius 3 is 2.18 bits per heavy atom. The first-order valence-electron chi connectivity index (χ1n) is 9.46. The Kier molecular flexibility index (Phi) is 5.06. The third kappa shape index (κ3) is 3.60. The highest BCUT2D eigenvalue weighted by Crippen LogP contribution is 2.35. The fraction of sp³-hybridized carbons (Fsp3) is 0.261. The van der Waals surface area contributed by atoms with E-state index in [1.165, 1.54) is 0 Å². The highest BCUT2D eigenvalue weighted by Gasteiger charge is 2.47. The minimum Gasteiger partial charge on any atom is -0.425 e. The van der Waals surface area contributed by atoms with Crippen molar-refractivity contribution in [3.05, 3.63) is 77.9 Å². The lowest BCUT2D eigenvalue weighted by atomic mass is 9.85. The summed E-state index contributed by atoms with van der Waals surface area (Å²) in [6.07, 6.45) is 5.59. The number of ether oxygens (including phenoxy) is 1. The monoisotopic (exact) mass is 375 g/mol. The molecule has 2 aliphatic rings. The van der Waals surface area contributed by atoms with Gasteiger partial charge in [0.05, 0.1) is 11.8 Å². The van der Waals surface area contributed by atoms with E-state index in [0.717, 1.165) is 16.0 Å². The van der Waals surface area contributed by atoms with Crippen molar-refractivity contribution in [3.8, 4) is 5.75 Å². The van der Waals surface area contributed by atoms with Gasteiger partial charge in [0.1, 0.15) is 12.3 Å². The van der Waals surface area contributed by atoms with Crippen molar-refractivity contribution in [1.82, 2.24) is 4.90 Å². The van der Waals surface area contributed by atoms with Crippen LogP contribution in [0.2, 0.25) is 0 Å². The molecule has 2 aromatic carbocycles. The summed E-state index contributed by atoms with van der Waals surface area (Å²) in [4.78, 5) is 38.6. The van der Waals surface area contributed by atoms with Crippen LogP contribution < -0.4 is 4.74 Å². The van der Waals surface area contributed by atoms with Gasteiger partial charge in [-0.25, -0.2) is 4.79 Å². The number of imide groups is 1. The number of carbonyl (C=O) groups excluding carboxylic acids is 3. The van der Waals surface area contributed by atoms with Crippen LogP contribution in [0.3, 0.4) is 0 Å². The number of para-hydroxylation sites is 1. The number of esters is 1. The first-order chi connectivity index (χ1) is 13.6. The van der Waals surface area contributed by atoms with Crippen LogP contribution >= 0.6 is 0 Å². The number of hydrogen-bond donors (Lipinski definition) is 0. The van der Waals surface area contributed by atoms with Crippen molar-refractivity contribution in [2.45, 2.75) is 19.3 Å². The van der Waals surface area contributed by atoms with Crippen LogP contribution in [-0.2, 0) is 20.8 Å². The largest absolute Gasteiger partial charge is 0.425 e. The van der Waals surface area contributed by atoms with Crippen LogP contribution in [0.4, 0.5) is 0 Å². The number of carbonyl (C=O) groups is 3. The average Bonchev–Trinajstić information content (AvgIpc) is 2.95. The molecule has 2 amide bonds. The molecule has 1 aliphatic carbocycles. The van der Waals surface area contributed by atoms with E-state index >= 15 is 0 Å². The standard InChI is InChI=1S/C23H21NO4/c25-21(15-24-22(26)18-11-5-6-12-19(18)23(24)27)28-20-13-7-4-10-17(20)14-16-8-2-1-3-9-16/h1-10,13,18-19H,11-12,14-15H2. The topological polar surface area (TPSA) is 63.7 Å². The molecule has 0 aromatic heterocycles. The minimum absolute atomic E-state index is 0.270. The number of allylic oxidation sites excluding steroid dienone is 2. The molecule has 1 heterocycles. The lowest BCUT2D eigenvalue weighted by Crippen LogP contribution is -2.37. The van der Waals surface area contributed by atoms with Crippen LogP contribution in [0.1, 0.15) is 24.0 Å². The van der Waals surface area contributed by atoms with Crippen LogP contribution in [0.15, 0.2) is 66.7 Å². The number of rotatable bonds is 5. The van der Waals surface area contributed by atoms with Gasteiger partial charge < -0.3 is 4.74 Å². The molecule has 142 valence electrons. The number of amides is 2. The Morgan fingerprint density at radius 2 is 1.50 bits per heavy atom. The van der Waals surface area contributed by atoms with Gasteiger partial charge in [0.15, 0.2) is 0 Å². The van der Waals surface area contributed by atoms with Gasteiger partial charge in [0.25, 0.3) is 0 Å². The molecule has 4 rings (SSSR count). The van der Waals surface area contributed by atoms with Gasteiger partial charge in [-0.3, -0.25) is 14.5 Å². The lowest BCUT2D eigenvalue weighted by Gasteiger charge is -2.15. The average molecular weight is 375 g/mol. The maximum Gasteiger partial charge on any atom is 0.331 e. The molecule has 1 saturated heterocycles. The zero-order valence-corrected chi connectivity index (χ0v) is 15.4. The fourth-order valence-corrected chi connectivity index (χ4v) is 3.87. The zero-order valence-electron chi connectivity index (χ0n) is 15.4. The summed E-state index contributed by atoms with van der Waals surface area (Å²) in [6.45, 7) is -0.343. The molecule has 1 aliphatic heterocycles. The van der Waals surface area contributed by atoms with E-state index in [-0.39, 0.29) is 30.2 Å². The van der Waals surface area contributed by atoms with E-state index < -0.39 is 5.97 Å². The SMILES string of the molecule is O=C(CN1C(=O)C2CC=CCC2C1=O)Oc1ccccc1Cc1ccccc1. The Balaban J connectivity index is 1.45. The summed E-state index contributed by atoms with van der Waals surface area (Å²) in [5.74, 6) is -1.36. The zero-order chi connectivity index (χ0) is 19.5. The van der Waals surface area contributed by atoms with E-state index in [0.29, 0.717) is 25.0 Å². The van der Waals surface area contributed by atoms with E-state index in [1.54, 1.807) is 12.1 Å². The Hall–Kier alpha value is -3.21. The molecule has 2 atom stereocenters. The van der Waals surface area contributed by atoms with Crippen molar-refractivity contribution in [3.63, 3.8) is 0 Å². The lowest BCUT2D eigenvalue weighted by molar-refractivity contribution is -0.148.